The van der Waals surface area contributed by atoms with E-state index >= 15 is 0 Å². The number of likely N-dealkylation sites (tertiary alicyclic amines) is 1. The number of hydrogen-bond donors (Lipinski definition) is 1. The van der Waals surface area contributed by atoms with Crippen molar-refractivity contribution in [2.75, 3.05) is 6.54 Å². The van der Waals surface area contributed by atoms with Gasteiger partial charge in [-0.05, 0) is 38.3 Å². The summed E-state index contributed by atoms with van der Waals surface area (Å²) in [6, 6.07) is 5.65. The molecule has 2 aromatic heterocycles. The first-order valence-electron chi connectivity index (χ1n) is 8.44. The van der Waals surface area contributed by atoms with E-state index in [1.54, 1.807) is 6.20 Å². The van der Waals surface area contributed by atoms with Crippen molar-refractivity contribution in [2.45, 2.75) is 51.1 Å². The van der Waals surface area contributed by atoms with Crippen LogP contribution in [0.25, 0.3) is 11.5 Å². The molecule has 7 heteroatoms. The molecule has 2 aromatic rings. The monoisotopic (exact) mass is 329 g/mol. The maximum absolute atomic E-state index is 12.5. The molecule has 3 heterocycles. The lowest BCUT2D eigenvalue weighted by Crippen LogP contribution is -2.51. The highest BCUT2D eigenvalue weighted by molar-refractivity contribution is 5.76. The van der Waals surface area contributed by atoms with Gasteiger partial charge in [-0.1, -0.05) is 11.2 Å². The Morgan fingerprint density at radius 3 is 3.08 bits per heavy atom. The van der Waals surface area contributed by atoms with Gasteiger partial charge in [-0.15, -0.1) is 0 Å². The van der Waals surface area contributed by atoms with Crippen molar-refractivity contribution < 1.29 is 9.32 Å². The van der Waals surface area contributed by atoms with Gasteiger partial charge in [-0.2, -0.15) is 4.98 Å². The number of nitrogens with two attached hydrogens (primary N) is 1. The predicted octanol–water partition coefficient (Wildman–Crippen LogP) is 1.79. The fraction of sp³-hybridized carbons (Fsp3) is 0.529. The summed E-state index contributed by atoms with van der Waals surface area (Å²) in [6.45, 7) is 2.75. The molecule has 3 rings (SSSR count). The number of hydrogen-bond acceptors (Lipinski definition) is 6. The second-order valence-corrected chi connectivity index (χ2v) is 6.24. The molecule has 2 atom stereocenters. The summed E-state index contributed by atoms with van der Waals surface area (Å²) in [5, 5.41) is 3.93. The molecule has 0 aliphatic carbocycles. The summed E-state index contributed by atoms with van der Waals surface area (Å²) in [5.74, 6) is 1.01. The van der Waals surface area contributed by atoms with Crippen LogP contribution < -0.4 is 5.73 Å². The van der Waals surface area contributed by atoms with Crippen molar-refractivity contribution in [3.8, 4) is 11.5 Å². The van der Waals surface area contributed by atoms with Gasteiger partial charge in [0, 0.05) is 37.7 Å². The molecular formula is C17H23N5O2. The first-order valence-corrected chi connectivity index (χ1v) is 8.44. The van der Waals surface area contributed by atoms with Crippen LogP contribution >= 0.6 is 0 Å². The second kappa shape index (κ2) is 7.53. The van der Waals surface area contributed by atoms with Gasteiger partial charge in [-0.3, -0.25) is 9.78 Å². The SMILES string of the molecule is CC(N)C1CCCCN1C(=O)CCc1nc(-c2ccccn2)no1. The van der Waals surface area contributed by atoms with Crippen molar-refractivity contribution in [3.63, 3.8) is 0 Å². The van der Waals surface area contributed by atoms with E-state index in [1.807, 2.05) is 30.0 Å². The van der Waals surface area contributed by atoms with Gasteiger partial charge in [0.2, 0.25) is 17.6 Å². The lowest BCUT2D eigenvalue weighted by atomic mass is 9.96. The maximum Gasteiger partial charge on any atom is 0.227 e. The van der Waals surface area contributed by atoms with Crippen molar-refractivity contribution in [1.29, 1.82) is 0 Å². The molecule has 1 aliphatic rings. The number of nitrogens with zero attached hydrogens (tertiary/aromatic N) is 4. The summed E-state index contributed by atoms with van der Waals surface area (Å²) in [6.07, 6.45) is 5.62. The molecule has 2 unspecified atom stereocenters. The van der Waals surface area contributed by atoms with Gasteiger partial charge >= 0.3 is 0 Å². The van der Waals surface area contributed by atoms with Crippen molar-refractivity contribution in [2.24, 2.45) is 5.73 Å². The summed E-state index contributed by atoms with van der Waals surface area (Å²) in [7, 11) is 0. The standard InChI is InChI=1S/C17H23N5O2/c1-12(18)14-7-3-5-11-22(14)16(23)9-8-15-20-17(21-24-15)13-6-2-4-10-19-13/h2,4,6,10,12,14H,3,5,7-9,11,18H2,1H3. The van der Waals surface area contributed by atoms with Crippen LogP contribution in [0.3, 0.4) is 0 Å². The van der Waals surface area contributed by atoms with Gasteiger partial charge in [0.1, 0.15) is 5.69 Å². The molecular weight excluding hydrogens is 306 g/mol. The van der Waals surface area contributed by atoms with E-state index in [0.29, 0.717) is 30.3 Å². The van der Waals surface area contributed by atoms with E-state index in [1.165, 1.54) is 0 Å². The normalized spacial score (nSPS) is 19.2. The van der Waals surface area contributed by atoms with Gasteiger partial charge < -0.3 is 15.2 Å². The molecule has 2 N–H and O–H groups in total. The van der Waals surface area contributed by atoms with E-state index in [4.69, 9.17) is 10.3 Å². The van der Waals surface area contributed by atoms with Crippen LogP contribution in [0.5, 0.6) is 0 Å². The topological polar surface area (TPSA) is 98.1 Å². The number of amides is 1. The van der Waals surface area contributed by atoms with Gasteiger partial charge in [0.25, 0.3) is 0 Å². The van der Waals surface area contributed by atoms with Crippen molar-refractivity contribution in [3.05, 3.63) is 30.3 Å². The predicted molar refractivity (Wildman–Crippen MR) is 88.9 cm³/mol. The maximum atomic E-state index is 12.5. The molecule has 1 saturated heterocycles. The fourth-order valence-electron chi connectivity index (χ4n) is 3.13. The third-order valence-electron chi connectivity index (χ3n) is 4.39. The Bertz CT molecular complexity index is 671. The quantitative estimate of drug-likeness (QED) is 0.898. The molecule has 24 heavy (non-hydrogen) atoms. The van der Waals surface area contributed by atoms with Crippen LogP contribution in [0.4, 0.5) is 0 Å². The highest BCUT2D eigenvalue weighted by atomic mass is 16.5. The van der Waals surface area contributed by atoms with Gasteiger partial charge in [0.15, 0.2) is 0 Å². The second-order valence-electron chi connectivity index (χ2n) is 6.24. The van der Waals surface area contributed by atoms with Gasteiger partial charge in [0.05, 0.1) is 0 Å². The largest absolute Gasteiger partial charge is 0.339 e. The van der Waals surface area contributed by atoms with Crippen LogP contribution in [0.1, 0.15) is 38.5 Å². The minimum Gasteiger partial charge on any atom is -0.339 e. The molecule has 1 amide bonds. The van der Waals surface area contributed by atoms with E-state index in [0.717, 1.165) is 25.8 Å². The summed E-state index contributed by atoms with van der Waals surface area (Å²) < 4.78 is 5.23. The average Bonchev–Trinajstić information content (AvgIpc) is 3.09. The first kappa shape index (κ1) is 16.6. The molecule has 0 aromatic carbocycles. The van der Waals surface area contributed by atoms with E-state index in [-0.39, 0.29) is 18.0 Å². The minimum atomic E-state index is -0.00610. The van der Waals surface area contributed by atoms with Crippen LogP contribution in [-0.4, -0.2) is 44.6 Å². The number of carbonyl (C=O) groups is 1. The van der Waals surface area contributed by atoms with E-state index in [2.05, 4.69) is 15.1 Å². The summed E-state index contributed by atoms with van der Waals surface area (Å²) in [5.41, 5.74) is 6.69. The zero-order valence-electron chi connectivity index (χ0n) is 13.9. The van der Waals surface area contributed by atoms with Gasteiger partial charge in [-0.25, -0.2) is 0 Å². The Labute approximate surface area is 141 Å². The van der Waals surface area contributed by atoms with Crippen LogP contribution in [0, 0.1) is 0 Å². The Morgan fingerprint density at radius 1 is 1.46 bits per heavy atom. The minimum absolute atomic E-state index is 0.00610. The Hall–Kier alpha value is -2.28. The lowest BCUT2D eigenvalue weighted by Gasteiger charge is -2.38. The molecule has 1 aliphatic heterocycles. The first-order chi connectivity index (χ1) is 11.6. The average molecular weight is 329 g/mol. The van der Waals surface area contributed by atoms with Crippen LogP contribution in [0.15, 0.2) is 28.9 Å². The molecule has 1 fully saturated rings. The molecule has 0 bridgehead atoms. The van der Waals surface area contributed by atoms with Crippen LogP contribution in [-0.2, 0) is 11.2 Å². The summed E-state index contributed by atoms with van der Waals surface area (Å²) >= 11 is 0. The number of pyridine rings is 1. The molecule has 128 valence electrons. The van der Waals surface area contributed by atoms with Crippen LogP contribution in [0.2, 0.25) is 0 Å². The summed E-state index contributed by atoms with van der Waals surface area (Å²) in [4.78, 5) is 23.0. The number of carbonyl (C=O) groups excluding carboxylic acids is 1. The zero-order chi connectivity index (χ0) is 16.9. The molecule has 0 spiro atoms. The molecule has 0 radical (unpaired) electrons. The van der Waals surface area contributed by atoms with Crippen molar-refractivity contribution in [1.82, 2.24) is 20.0 Å². The number of rotatable bonds is 5. The Kier molecular flexibility index (Phi) is 5.20. The highest BCUT2D eigenvalue weighted by Gasteiger charge is 2.29. The van der Waals surface area contributed by atoms with E-state index < -0.39 is 0 Å². The Morgan fingerprint density at radius 2 is 2.33 bits per heavy atom. The highest BCUT2D eigenvalue weighted by Crippen LogP contribution is 2.20. The lowest BCUT2D eigenvalue weighted by molar-refractivity contribution is -0.135. The zero-order valence-corrected chi connectivity index (χ0v) is 13.9. The molecule has 0 saturated carbocycles. The fourth-order valence-corrected chi connectivity index (χ4v) is 3.13. The number of piperidine rings is 1. The number of aromatic nitrogens is 3. The number of aryl methyl sites for hydroxylation is 1. The third-order valence-corrected chi connectivity index (χ3v) is 4.39. The molecule has 7 nitrogen and oxygen atoms in total. The van der Waals surface area contributed by atoms with Crippen molar-refractivity contribution >= 4 is 5.91 Å². The van der Waals surface area contributed by atoms with E-state index in [9.17, 15) is 4.79 Å². The Balaban J connectivity index is 1.59. The third kappa shape index (κ3) is 3.79. The smallest absolute Gasteiger partial charge is 0.227 e.